The van der Waals surface area contributed by atoms with Crippen molar-refractivity contribution in [2.24, 2.45) is 11.8 Å². The molecule has 1 aromatic rings. The van der Waals surface area contributed by atoms with Gasteiger partial charge in [-0.2, -0.15) is 0 Å². The highest BCUT2D eigenvalue weighted by Crippen LogP contribution is 2.15. The SMILES string of the molecule is CCC(C)NS(=O)(=O)c1ccc(C(=O)N(CC(C)C)CC(C)C)cc1. The Morgan fingerprint density at radius 2 is 1.48 bits per heavy atom. The minimum absolute atomic E-state index is 0.0544. The number of carbonyl (C=O) groups is 1. The van der Waals surface area contributed by atoms with E-state index < -0.39 is 10.0 Å². The molecule has 0 saturated heterocycles. The molecule has 0 heterocycles. The molecule has 0 aliphatic carbocycles. The molecule has 0 aromatic heterocycles. The van der Waals surface area contributed by atoms with Crippen LogP contribution in [-0.4, -0.2) is 38.4 Å². The monoisotopic (exact) mass is 368 g/mol. The summed E-state index contributed by atoms with van der Waals surface area (Å²) >= 11 is 0. The fraction of sp³-hybridized carbons (Fsp3) is 0.632. The summed E-state index contributed by atoms with van der Waals surface area (Å²) in [5.74, 6) is 0.699. The van der Waals surface area contributed by atoms with Crippen molar-refractivity contribution < 1.29 is 13.2 Å². The van der Waals surface area contributed by atoms with E-state index in [1.807, 2.05) is 18.7 Å². The number of nitrogens with zero attached hydrogens (tertiary/aromatic N) is 1. The fourth-order valence-corrected chi connectivity index (χ4v) is 3.82. The van der Waals surface area contributed by atoms with Gasteiger partial charge in [-0.05, 0) is 49.4 Å². The molecule has 1 aromatic carbocycles. The van der Waals surface area contributed by atoms with Gasteiger partial charge in [0, 0.05) is 24.7 Å². The van der Waals surface area contributed by atoms with Crippen LogP contribution < -0.4 is 4.72 Å². The van der Waals surface area contributed by atoms with Crippen LogP contribution in [-0.2, 0) is 10.0 Å². The zero-order chi connectivity index (χ0) is 19.2. The van der Waals surface area contributed by atoms with Crippen molar-refractivity contribution in [1.82, 2.24) is 9.62 Å². The summed E-state index contributed by atoms with van der Waals surface area (Å²) in [6.45, 7) is 13.4. The Bertz CT molecular complexity index is 642. The van der Waals surface area contributed by atoms with E-state index in [1.54, 1.807) is 12.1 Å². The van der Waals surface area contributed by atoms with Crippen LogP contribution in [0.3, 0.4) is 0 Å². The van der Waals surface area contributed by atoms with Gasteiger partial charge in [-0.25, -0.2) is 13.1 Å². The molecule has 0 saturated carbocycles. The van der Waals surface area contributed by atoms with Gasteiger partial charge in [-0.1, -0.05) is 34.6 Å². The number of sulfonamides is 1. The van der Waals surface area contributed by atoms with Crippen LogP contribution in [0, 0.1) is 11.8 Å². The average Bonchev–Trinajstić information content (AvgIpc) is 2.52. The number of benzene rings is 1. The van der Waals surface area contributed by atoms with Crippen LogP contribution in [0.5, 0.6) is 0 Å². The number of rotatable bonds is 9. The van der Waals surface area contributed by atoms with Crippen molar-refractivity contribution in [2.45, 2.75) is 58.9 Å². The van der Waals surface area contributed by atoms with E-state index >= 15 is 0 Å². The molecule has 0 aliphatic heterocycles. The zero-order valence-corrected chi connectivity index (χ0v) is 17.1. The van der Waals surface area contributed by atoms with E-state index in [9.17, 15) is 13.2 Å². The van der Waals surface area contributed by atoms with Crippen molar-refractivity contribution in [1.29, 1.82) is 0 Å². The van der Waals surface area contributed by atoms with Crippen LogP contribution in [0.4, 0.5) is 0 Å². The molecule has 1 amide bonds. The highest BCUT2D eigenvalue weighted by molar-refractivity contribution is 7.89. The van der Waals surface area contributed by atoms with Crippen LogP contribution in [0.1, 0.15) is 58.3 Å². The molecule has 0 bridgehead atoms. The van der Waals surface area contributed by atoms with Gasteiger partial charge in [0.15, 0.2) is 0 Å². The molecule has 5 nitrogen and oxygen atoms in total. The number of nitrogens with one attached hydrogen (secondary N) is 1. The summed E-state index contributed by atoms with van der Waals surface area (Å²) < 4.78 is 27.2. The van der Waals surface area contributed by atoms with Crippen molar-refractivity contribution >= 4 is 15.9 Å². The van der Waals surface area contributed by atoms with Gasteiger partial charge >= 0.3 is 0 Å². The molecule has 1 atom stereocenters. The Morgan fingerprint density at radius 1 is 1.00 bits per heavy atom. The number of amides is 1. The Labute approximate surface area is 152 Å². The summed E-state index contributed by atoms with van der Waals surface area (Å²) in [7, 11) is -3.55. The van der Waals surface area contributed by atoms with Crippen molar-refractivity contribution in [3.8, 4) is 0 Å². The summed E-state index contributed by atoms with van der Waals surface area (Å²) in [5, 5.41) is 0. The lowest BCUT2D eigenvalue weighted by atomic mass is 10.1. The number of carbonyl (C=O) groups excluding carboxylic acids is 1. The van der Waals surface area contributed by atoms with E-state index in [-0.39, 0.29) is 16.8 Å². The Balaban J connectivity index is 2.98. The van der Waals surface area contributed by atoms with E-state index in [1.165, 1.54) is 12.1 Å². The topological polar surface area (TPSA) is 66.5 Å². The second-order valence-corrected chi connectivity index (χ2v) is 9.17. The third-order valence-corrected chi connectivity index (χ3v) is 5.44. The van der Waals surface area contributed by atoms with Crippen LogP contribution in [0.15, 0.2) is 29.2 Å². The maximum absolute atomic E-state index is 12.8. The maximum Gasteiger partial charge on any atom is 0.253 e. The molecule has 1 rings (SSSR count). The van der Waals surface area contributed by atoms with Crippen LogP contribution in [0.25, 0.3) is 0 Å². The van der Waals surface area contributed by atoms with E-state index in [4.69, 9.17) is 0 Å². The lowest BCUT2D eigenvalue weighted by molar-refractivity contribution is 0.0715. The quantitative estimate of drug-likeness (QED) is 0.725. The summed E-state index contributed by atoms with van der Waals surface area (Å²) in [6.07, 6.45) is 0.717. The average molecular weight is 369 g/mol. The van der Waals surface area contributed by atoms with E-state index in [0.717, 1.165) is 6.42 Å². The van der Waals surface area contributed by atoms with Crippen LogP contribution >= 0.6 is 0 Å². The lowest BCUT2D eigenvalue weighted by Gasteiger charge is -2.26. The second kappa shape index (κ2) is 9.34. The van der Waals surface area contributed by atoms with Gasteiger partial charge in [0.05, 0.1) is 4.90 Å². The Hall–Kier alpha value is -1.40. The summed E-state index contributed by atoms with van der Waals surface area (Å²) in [6, 6.07) is 6.07. The van der Waals surface area contributed by atoms with Crippen molar-refractivity contribution in [2.75, 3.05) is 13.1 Å². The molecule has 0 radical (unpaired) electrons. The van der Waals surface area contributed by atoms with Crippen LogP contribution in [0.2, 0.25) is 0 Å². The molecule has 142 valence electrons. The van der Waals surface area contributed by atoms with Gasteiger partial charge in [-0.15, -0.1) is 0 Å². The second-order valence-electron chi connectivity index (χ2n) is 7.45. The minimum atomic E-state index is -3.55. The molecule has 0 spiro atoms. The lowest BCUT2D eigenvalue weighted by Crippen LogP contribution is -2.37. The predicted molar refractivity (Wildman–Crippen MR) is 102 cm³/mol. The molecular formula is C19H32N2O3S. The third-order valence-electron chi connectivity index (χ3n) is 3.84. The number of hydrogen-bond acceptors (Lipinski definition) is 3. The fourth-order valence-electron chi connectivity index (χ4n) is 2.50. The molecule has 0 fully saturated rings. The molecule has 25 heavy (non-hydrogen) atoms. The van der Waals surface area contributed by atoms with Gasteiger partial charge in [0.1, 0.15) is 0 Å². The van der Waals surface area contributed by atoms with Gasteiger partial charge in [0.25, 0.3) is 5.91 Å². The highest BCUT2D eigenvalue weighted by atomic mass is 32.2. The Kier molecular flexibility index (Phi) is 8.09. The summed E-state index contributed by atoms with van der Waals surface area (Å²) in [4.78, 5) is 14.8. The van der Waals surface area contributed by atoms with E-state index in [0.29, 0.717) is 30.5 Å². The molecule has 6 heteroatoms. The zero-order valence-electron chi connectivity index (χ0n) is 16.2. The largest absolute Gasteiger partial charge is 0.338 e. The van der Waals surface area contributed by atoms with Gasteiger partial charge in [0.2, 0.25) is 10.0 Å². The third kappa shape index (κ3) is 6.78. The van der Waals surface area contributed by atoms with Crippen molar-refractivity contribution in [3.05, 3.63) is 29.8 Å². The first-order valence-corrected chi connectivity index (χ1v) is 10.5. The summed E-state index contributed by atoms with van der Waals surface area (Å²) in [5.41, 5.74) is 0.517. The van der Waals surface area contributed by atoms with Crippen molar-refractivity contribution in [3.63, 3.8) is 0 Å². The van der Waals surface area contributed by atoms with E-state index in [2.05, 4.69) is 32.4 Å². The Morgan fingerprint density at radius 3 is 1.88 bits per heavy atom. The smallest absolute Gasteiger partial charge is 0.253 e. The molecule has 1 unspecified atom stereocenters. The standard InChI is InChI=1S/C19H32N2O3S/c1-7-16(6)20-25(23,24)18-10-8-17(9-11-18)19(22)21(12-14(2)3)13-15(4)5/h8-11,14-16,20H,7,12-13H2,1-6H3. The maximum atomic E-state index is 12.8. The van der Waals surface area contributed by atoms with Gasteiger partial charge in [-0.3, -0.25) is 4.79 Å². The highest BCUT2D eigenvalue weighted by Gasteiger charge is 2.20. The minimum Gasteiger partial charge on any atom is -0.338 e. The predicted octanol–water partition coefficient (Wildman–Crippen LogP) is 3.52. The molecule has 1 N–H and O–H groups in total. The molecule has 0 aliphatic rings. The molecular weight excluding hydrogens is 336 g/mol. The number of hydrogen-bond donors (Lipinski definition) is 1. The first-order valence-electron chi connectivity index (χ1n) is 8.98. The first kappa shape index (κ1) is 21.6. The normalized spacial score (nSPS) is 13.3. The first-order chi connectivity index (χ1) is 11.6. The van der Waals surface area contributed by atoms with Gasteiger partial charge < -0.3 is 4.90 Å².